The minimum Gasteiger partial charge on any atom is -0.322 e. The maximum atomic E-state index is 12.8. The topological polar surface area (TPSA) is 66.5 Å². The lowest BCUT2D eigenvalue weighted by atomic mass is 10.2. The molecular formula is C18H20Cl2N2O3S. The van der Waals surface area contributed by atoms with Crippen LogP contribution in [0.5, 0.6) is 0 Å². The fraction of sp³-hybridized carbons (Fsp3) is 0.278. The van der Waals surface area contributed by atoms with Crippen LogP contribution in [0.15, 0.2) is 41.3 Å². The summed E-state index contributed by atoms with van der Waals surface area (Å²) in [5.41, 5.74) is 1.09. The van der Waals surface area contributed by atoms with Gasteiger partial charge in [-0.15, -0.1) is 0 Å². The number of rotatable bonds is 6. The number of sulfonamides is 1. The van der Waals surface area contributed by atoms with Gasteiger partial charge in [-0.05, 0) is 36.8 Å². The summed E-state index contributed by atoms with van der Waals surface area (Å²) in [5, 5.41) is 3.10. The standard InChI is InChI=1S/C18H20Cl2N2O3S/c1-4-22(5-2)26(24,25)16-11-13(10-9-12(16)3)21-18(23)17-14(19)7-6-8-15(17)20/h6-11H,4-5H2,1-3H3,(H,21,23). The van der Waals surface area contributed by atoms with Crippen molar-refractivity contribution in [2.24, 2.45) is 0 Å². The second kappa shape index (κ2) is 8.39. The van der Waals surface area contributed by atoms with Crippen LogP contribution in [0.4, 0.5) is 5.69 Å². The summed E-state index contributed by atoms with van der Waals surface area (Å²) in [5.74, 6) is -0.504. The number of carbonyl (C=O) groups is 1. The van der Waals surface area contributed by atoms with Gasteiger partial charge in [0.15, 0.2) is 0 Å². The van der Waals surface area contributed by atoms with Crippen LogP contribution < -0.4 is 5.32 Å². The Hall–Kier alpha value is -1.60. The summed E-state index contributed by atoms with van der Waals surface area (Å²) >= 11 is 12.1. The van der Waals surface area contributed by atoms with E-state index >= 15 is 0 Å². The van der Waals surface area contributed by atoms with Crippen LogP contribution in [0, 0.1) is 6.92 Å². The lowest BCUT2D eigenvalue weighted by Gasteiger charge is -2.20. The number of aryl methyl sites for hydroxylation is 1. The van der Waals surface area contributed by atoms with E-state index in [1.165, 1.54) is 10.4 Å². The maximum Gasteiger partial charge on any atom is 0.258 e. The quantitative estimate of drug-likeness (QED) is 0.751. The van der Waals surface area contributed by atoms with Gasteiger partial charge in [0.05, 0.1) is 20.5 Å². The summed E-state index contributed by atoms with van der Waals surface area (Å²) < 4.78 is 27.0. The van der Waals surface area contributed by atoms with Gasteiger partial charge in [0.2, 0.25) is 10.0 Å². The van der Waals surface area contributed by atoms with Crippen LogP contribution in [-0.4, -0.2) is 31.7 Å². The third-order valence-corrected chi connectivity index (χ3v) is 6.78. The second-order valence-electron chi connectivity index (χ2n) is 5.62. The third-order valence-electron chi connectivity index (χ3n) is 3.96. The molecule has 0 atom stereocenters. The monoisotopic (exact) mass is 414 g/mol. The van der Waals surface area contributed by atoms with Gasteiger partial charge < -0.3 is 5.32 Å². The summed E-state index contributed by atoms with van der Waals surface area (Å²) in [6, 6.07) is 9.51. The molecule has 2 rings (SSSR count). The van der Waals surface area contributed by atoms with E-state index in [2.05, 4.69) is 5.32 Å². The molecule has 0 radical (unpaired) electrons. The lowest BCUT2D eigenvalue weighted by Crippen LogP contribution is -2.31. The Labute approximate surface area is 164 Å². The van der Waals surface area contributed by atoms with Crippen molar-refractivity contribution in [2.45, 2.75) is 25.7 Å². The summed E-state index contributed by atoms with van der Waals surface area (Å²) in [6.45, 7) is 6.00. The Morgan fingerprint density at radius 1 is 1.08 bits per heavy atom. The first-order valence-electron chi connectivity index (χ1n) is 8.08. The fourth-order valence-electron chi connectivity index (χ4n) is 2.57. The number of nitrogens with zero attached hydrogens (tertiary/aromatic N) is 1. The molecule has 0 saturated carbocycles. The molecule has 140 valence electrons. The highest BCUT2D eigenvalue weighted by molar-refractivity contribution is 7.89. The Kier molecular flexibility index (Phi) is 6.69. The number of hydrogen-bond acceptors (Lipinski definition) is 3. The van der Waals surface area contributed by atoms with E-state index in [1.807, 2.05) is 0 Å². The van der Waals surface area contributed by atoms with Gasteiger partial charge >= 0.3 is 0 Å². The molecule has 0 unspecified atom stereocenters. The number of nitrogens with one attached hydrogen (secondary N) is 1. The number of amides is 1. The van der Waals surface area contributed by atoms with Gasteiger partial charge in [0.1, 0.15) is 0 Å². The highest BCUT2D eigenvalue weighted by Crippen LogP contribution is 2.27. The molecule has 0 spiro atoms. The van der Waals surface area contributed by atoms with Gasteiger partial charge in [-0.1, -0.05) is 49.2 Å². The second-order valence-corrected chi connectivity index (χ2v) is 8.34. The first-order chi connectivity index (χ1) is 12.2. The maximum absolute atomic E-state index is 12.8. The lowest BCUT2D eigenvalue weighted by molar-refractivity contribution is 0.102. The summed E-state index contributed by atoms with van der Waals surface area (Å²) in [6.07, 6.45) is 0. The number of carbonyl (C=O) groups excluding carboxylic acids is 1. The molecule has 26 heavy (non-hydrogen) atoms. The van der Waals surface area contributed by atoms with Crippen LogP contribution in [0.2, 0.25) is 10.0 Å². The van der Waals surface area contributed by atoms with E-state index in [-0.39, 0.29) is 20.5 Å². The first kappa shape index (κ1) is 20.7. The first-order valence-corrected chi connectivity index (χ1v) is 10.3. The molecule has 2 aromatic rings. The Morgan fingerprint density at radius 3 is 2.19 bits per heavy atom. The molecule has 0 aliphatic carbocycles. The van der Waals surface area contributed by atoms with Gasteiger partial charge in [0, 0.05) is 18.8 Å². The Morgan fingerprint density at radius 2 is 1.65 bits per heavy atom. The molecular weight excluding hydrogens is 395 g/mol. The minimum atomic E-state index is -3.64. The van der Waals surface area contributed by atoms with Crippen molar-refractivity contribution in [3.63, 3.8) is 0 Å². The molecule has 1 amide bonds. The van der Waals surface area contributed by atoms with Crippen LogP contribution in [-0.2, 0) is 10.0 Å². The Balaban J connectivity index is 2.40. The SMILES string of the molecule is CCN(CC)S(=O)(=O)c1cc(NC(=O)c2c(Cl)cccc2Cl)ccc1C. The minimum absolute atomic E-state index is 0.143. The van der Waals surface area contributed by atoms with Crippen molar-refractivity contribution in [3.05, 3.63) is 57.6 Å². The van der Waals surface area contributed by atoms with E-state index in [9.17, 15) is 13.2 Å². The molecule has 0 heterocycles. The van der Waals surface area contributed by atoms with Crippen LogP contribution in [0.25, 0.3) is 0 Å². The number of hydrogen-bond donors (Lipinski definition) is 1. The van der Waals surface area contributed by atoms with Crippen molar-refractivity contribution < 1.29 is 13.2 Å². The van der Waals surface area contributed by atoms with E-state index in [0.717, 1.165) is 0 Å². The van der Waals surface area contributed by atoms with E-state index < -0.39 is 15.9 Å². The highest BCUT2D eigenvalue weighted by atomic mass is 35.5. The van der Waals surface area contributed by atoms with E-state index in [1.54, 1.807) is 51.1 Å². The number of halogens is 2. The zero-order valence-corrected chi connectivity index (χ0v) is 17.0. The van der Waals surface area contributed by atoms with Crippen LogP contribution in [0.1, 0.15) is 29.8 Å². The zero-order chi connectivity index (χ0) is 19.5. The largest absolute Gasteiger partial charge is 0.322 e. The Bertz CT molecular complexity index is 906. The molecule has 0 aliphatic rings. The smallest absolute Gasteiger partial charge is 0.258 e. The third kappa shape index (κ3) is 4.20. The van der Waals surface area contributed by atoms with Gasteiger partial charge in [-0.2, -0.15) is 4.31 Å². The highest BCUT2D eigenvalue weighted by Gasteiger charge is 2.24. The zero-order valence-electron chi connectivity index (χ0n) is 14.7. The molecule has 0 fully saturated rings. The van der Waals surface area contributed by atoms with Gasteiger partial charge in [-0.3, -0.25) is 4.79 Å². The van der Waals surface area contributed by atoms with Crippen molar-refractivity contribution in [2.75, 3.05) is 18.4 Å². The number of benzene rings is 2. The molecule has 1 N–H and O–H groups in total. The number of anilines is 1. The van der Waals surface area contributed by atoms with Crippen molar-refractivity contribution >= 4 is 44.8 Å². The molecule has 0 aromatic heterocycles. The van der Waals surface area contributed by atoms with E-state index in [4.69, 9.17) is 23.2 Å². The van der Waals surface area contributed by atoms with E-state index in [0.29, 0.717) is 24.3 Å². The van der Waals surface area contributed by atoms with Gasteiger partial charge in [0.25, 0.3) is 5.91 Å². The normalized spacial score (nSPS) is 11.6. The molecule has 0 bridgehead atoms. The predicted octanol–water partition coefficient (Wildman–Crippen LogP) is 4.58. The summed E-state index contributed by atoms with van der Waals surface area (Å²) in [7, 11) is -3.64. The average molecular weight is 415 g/mol. The summed E-state index contributed by atoms with van der Waals surface area (Å²) in [4.78, 5) is 12.7. The molecule has 8 heteroatoms. The van der Waals surface area contributed by atoms with Crippen LogP contribution in [0.3, 0.4) is 0 Å². The average Bonchev–Trinajstić information content (AvgIpc) is 2.57. The fourth-order valence-corrected chi connectivity index (χ4v) is 4.84. The van der Waals surface area contributed by atoms with Crippen LogP contribution >= 0.6 is 23.2 Å². The molecule has 2 aromatic carbocycles. The van der Waals surface area contributed by atoms with Gasteiger partial charge in [-0.25, -0.2) is 8.42 Å². The van der Waals surface area contributed by atoms with Crippen molar-refractivity contribution in [1.29, 1.82) is 0 Å². The van der Waals surface area contributed by atoms with Crippen molar-refractivity contribution in [3.8, 4) is 0 Å². The van der Waals surface area contributed by atoms with Crippen molar-refractivity contribution in [1.82, 2.24) is 4.31 Å². The molecule has 5 nitrogen and oxygen atoms in total. The predicted molar refractivity (Wildman–Crippen MR) is 106 cm³/mol. The molecule has 0 saturated heterocycles. The molecule has 0 aliphatic heterocycles.